The van der Waals surface area contributed by atoms with E-state index in [2.05, 4.69) is 5.48 Å². The van der Waals surface area contributed by atoms with E-state index in [4.69, 9.17) is 10.1 Å². The van der Waals surface area contributed by atoms with Crippen LogP contribution >= 0.6 is 0 Å². The molecule has 0 aliphatic rings. The molecule has 1 aromatic carbocycles. The predicted octanol–water partition coefficient (Wildman–Crippen LogP) is 0.873. The first-order chi connectivity index (χ1) is 8.10. The van der Waals surface area contributed by atoms with E-state index in [0.717, 1.165) is 0 Å². The zero-order chi connectivity index (χ0) is 12.7. The summed E-state index contributed by atoms with van der Waals surface area (Å²) >= 11 is 0. The van der Waals surface area contributed by atoms with E-state index in [1.54, 1.807) is 19.1 Å². The average molecular weight is 254 g/mol. The van der Waals surface area contributed by atoms with E-state index in [9.17, 15) is 8.42 Å². The van der Waals surface area contributed by atoms with Gasteiger partial charge in [0.1, 0.15) is 0 Å². The summed E-state index contributed by atoms with van der Waals surface area (Å²) in [6.45, 7) is 2.49. The van der Waals surface area contributed by atoms with Crippen LogP contribution in [0, 0.1) is 11.3 Å². The minimum absolute atomic E-state index is 0.0676. The Bertz CT molecular complexity index is 506. The van der Waals surface area contributed by atoms with E-state index in [0.29, 0.717) is 12.2 Å². The van der Waals surface area contributed by atoms with Crippen molar-refractivity contribution in [2.24, 2.45) is 0 Å². The number of hydroxylamine groups is 1. The lowest BCUT2D eigenvalue weighted by Crippen LogP contribution is -2.23. The monoisotopic (exact) mass is 254 g/mol. The Hall–Kier alpha value is -1.42. The number of rotatable bonds is 6. The first kappa shape index (κ1) is 13.6. The van der Waals surface area contributed by atoms with Crippen molar-refractivity contribution in [1.82, 2.24) is 5.48 Å². The molecule has 1 N–H and O–H groups in total. The van der Waals surface area contributed by atoms with Crippen molar-refractivity contribution >= 4 is 9.84 Å². The van der Waals surface area contributed by atoms with Crippen molar-refractivity contribution in [1.29, 1.82) is 5.26 Å². The highest BCUT2D eigenvalue weighted by molar-refractivity contribution is 7.91. The number of sulfone groups is 1. The molecule has 0 atom stereocenters. The Morgan fingerprint density at radius 3 is 2.88 bits per heavy atom. The molecule has 0 unspecified atom stereocenters. The second kappa shape index (κ2) is 6.35. The smallest absolute Gasteiger partial charge is 0.179 e. The Balaban J connectivity index is 2.73. The van der Waals surface area contributed by atoms with Crippen LogP contribution in [0.5, 0.6) is 0 Å². The highest BCUT2D eigenvalue weighted by Gasteiger charge is 2.14. The van der Waals surface area contributed by atoms with Crippen molar-refractivity contribution in [3.8, 4) is 6.07 Å². The largest absolute Gasteiger partial charge is 0.302 e. The molecule has 92 valence electrons. The maximum absolute atomic E-state index is 11.9. The van der Waals surface area contributed by atoms with Crippen LogP contribution in [0.4, 0.5) is 0 Å². The van der Waals surface area contributed by atoms with Gasteiger partial charge in [0.2, 0.25) is 0 Å². The third-order valence-electron chi connectivity index (χ3n) is 2.04. The lowest BCUT2D eigenvalue weighted by atomic mass is 10.2. The van der Waals surface area contributed by atoms with Gasteiger partial charge < -0.3 is 4.84 Å². The van der Waals surface area contributed by atoms with Gasteiger partial charge in [0.25, 0.3) is 0 Å². The van der Waals surface area contributed by atoms with Crippen LogP contribution in [0.25, 0.3) is 0 Å². The maximum atomic E-state index is 11.9. The topological polar surface area (TPSA) is 79.2 Å². The third-order valence-corrected chi connectivity index (χ3v) is 3.76. The zero-order valence-corrected chi connectivity index (χ0v) is 10.3. The van der Waals surface area contributed by atoms with Crippen molar-refractivity contribution in [2.45, 2.75) is 11.8 Å². The summed E-state index contributed by atoms with van der Waals surface area (Å²) in [5.74, 6) is -0.0676. The second-order valence-electron chi connectivity index (χ2n) is 3.29. The van der Waals surface area contributed by atoms with Crippen molar-refractivity contribution in [3.63, 3.8) is 0 Å². The molecule has 0 aromatic heterocycles. The molecule has 0 aliphatic heterocycles. The van der Waals surface area contributed by atoms with Crippen LogP contribution in [0.3, 0.4) is 0 Å². The molecule has 0 radical (unpaired) electrons. The van der Waals surface area contributed by atoms with Crippen LogP contribution in [0.15, 0.2) is 29.2 Å². The van der Waals surface area contributed by atoms with Gasteiger partial charge in [-0.25, -0.2) is 13.9 Å². The first-order valence-corrected chi connectivity index (χ1v) is 6.83. The quantitative estimate of drug-likeness (QED) is 0.602. The number of hydrogen-bond donors (Lipinski definition) is 1. The molecule has 0 aliphatic carbocycles. The van der Waals surface area contributed by atoms with Crippen LogP contribution < -0.4 is 5.48 Å². The highest BCUT2D eigenvalue weighted by atomic mass is 32.2. The van der Waals surface area contributed by atoms with E-state index >= 15 is 0 Å². The van der Waals surface area contributed by atoms with Gasteiger partial charge in [-0.05, 0) is 25.1 Å². The minimum atomic E-state index is -3.37. The third kappa shape index (κ3) is 4.15. The lowest BCUT2D eigenvalue weighted by Gasteiger charge is -2.05. The number of nitriles is 1. The minimum Gasteiger partial charge on any atom is -0.302 e. The first-order valence-electron chi connectivity index (χ1n) is 5.17. The molecule has 0 heterocycles. The molecule has 5 nitrogen and oxygen atoms in total. The summed E-state index contributed by atoms with van der Waals surface area (Å²) in [6, 6.07) is 7.89. The van der Waals surface area contributed by atoms with Gasteiger partial charge in [-0.3, -0.25) is 0 Å². The Kier molecular flexibility index (Phi) is 5.10. The molecule has 0 spiro atoms. The highest BCUT2D eigenvalue weighted by Crippen LogP contribution is 2.12. The van der Waals surface area contributed by atoms with Crippen LogP contribution in [0.2, 0.25) is 0 Å². The van der Waals surface area contributed by atoms with Gasteiger partial charge in [0.15, 0.2) is 9.84 Å². The Morgan fingerprint density at radius 2 is 2.24 bits per heavy atom. The number of nitrogens with one attached hydrogen (secondary N) is 1. The van der Waals surface area contributed by atoms with Crippen LogP contribution in [-0.4, -0.2) is 27.3 Å². The molecular formula is C11H14N2O3S. The number of benzene rings is 1. The van der Waals surface area contributed by atoms with Crippen LogP contribution in [-0.2, 0) is 14.7 Å². The zero-order valence-electron chi connectivity index (χ0n) is 9.51. The molecule has 0 saturated heterocycles. The van der Waals surface area contributed by atoms with Crippen molar-refractivity contribution in [2.75, 3.05) is 18.9 Å². The molecule has 1 rings (SSSR count). The Morgan fingerprint density at radius 1 is 1.47 bits per heavy atom. The van der Waals surface area contributed by atoms with Gasteiger partial charge in [0, 0.05) is 6.54 Å². The van der Waals surface area contributed by atoms with Gasteiger partial charge in [-0.2, -0.15) is 5.26 Å². The molecular weight excluding hydrogens is 240 g/mol. The van der Waals surface area contributed by atoms with Crippen LogP contribution in [0.1, 0.15) is 12.5 Å². The van der Waals surface area contributed by atoms with Gasteiger partial charge >= 0.3 is 0 Å². The predicted molar refractivity (Wildman–Crippen MR) is 62.8 cm³/mol. The van der Waals surface area contributed by atoms with Gasteiger partial charge in [-0.15, -0.1) is 0 Å². The molecule has 1 aromatic rings. The van der Waals surface area contributed by atoms with E-state index in [1.165, 1.54) is 12.1 Å². The average Bonchev–Trinajstić information content (AvgIpc) is 2.35. The summed E-state index contributed by atoms with van der Waals surface area (Å²) in [5, 5.41) is 8.70. The molecule has 0 amide bonds. The summed E-state index contributed by atoms with van der Waals surface area (Å²) in [7, 11) is -3.37. The van der Waals surface area contributed by atoms with Gasteiger partial charge in [-0.1, -0.05) is 6.07 Å². The number of hydrogen-bond acceptors (Lipinski definition) is 5. The maximum Gasteiger partial charge on any atom is 0.179 e. The lowest BCUT2D eigenvalue weighted by molar-refractivity contribution is 0.0551. The summed E-state index contributed by atoms with van der Waals surface area (Å²) in [4.78, 5) is 5.00. The molecule has 6 heteroatoms. The fourth-order valence-electron chi connectivity index (χ4n) is 1.23. The Labute approximate surface area is 101 Å². The fraction of sp³-hybridized carbons (Fsp3) is 0.364. The van der Waals surface area contributed by atoms with E-state index in [-0.39, 0.29) is 17.2 Å². The van der Waals surface area contributed by atoms with Crippen molar-refractivity contribution in [3.05, 3.63) is 29.8 Å². The standard InChI is InChI=1S/C11H14N2O3S/c1-2-16-13-6-7-17(14,15)11-5-3-4-10(8-11)9-12/h3-5,8,13H,2,6-7H2,1H3. The SMILES string of the molecule is CCONCCS(=O)(=O)c1cccc(C#N)c1. The molecule has 0 bridgehead atoms. The summed E-state index contributed by atoms with van der Waals surface area (Å²) < 4.78 is 23.7. The van der Waals surface area contributed by atoms with E-state index in [1.807, 2.05) is 6.07 Å². The molecule has 0 saturated carbocycles. The second-order valence-corrected chi connectivity index (χ2v) is 5.40. The van der Waals surface area contributed by atoms with E-state index < -0.39 is 9.84 Å². The van der Waals surface area contributed by atoms with Crippen molar-refractivity contribution < 1.29 is 13.3 Å². The molecule has 0 fully saturated rings. The molecule has 17 heavy (non-hydrogen) atoms. The number of nitrogens with zero attached hydrogens (tertiary/aromatic N) is 1. The summed E-state index contributed by atoms with van der Waals surface area (Å²) in [6.07, 6.45) is 0. The normalized spacial score (nSPS) is 11.1. The fourth-order valence-corrected chi connectivity index (χ4v) is 2.41. The summed E-state index contributed by atoms with van der Waals surface area (Å²) in [5.41, 5.74) is 2.88. The van der Waals surface area contributed by atoms with Gasteiger partial charge in [0.05, 0.1) is 28.9 Å².